The molecular formula is C21H30N4O4. The van der Waals surface area contributed by atoms with Crippen LogP contribution in [-0.2, 0) is 14.3 Å². The molecule has 0 saturated carbocycles. The summed E-state index contributed by atoms with van der Waals surface area (Å²) in [5.74, 6) is 0.336. The van der Waals surface area contributed by atoms with E-state index >= 15 is 0 Å². The molecule has 0 spiro atoms. The van der Waals surface area contributed by atoms with Gasteiger partial charge in [0.1, 0.15) is 5.75 Å². The van der Waals surface area contributed by atoms with Gasteiger partial charge in [-0.25, -0.2) is 5.43 Å². The molecule has 2 aliphatic heterocycles. The van der Waals surface area contributed by atoms with Crippen molar-refractivity contribution in [1.82, 2.24) is 15.6 Å². The number of likely N-dealkylation sites (tertiary alicyclic amines) is 1. The summed E-state index contributed by atoms with van der Waals surface area (Å²) in [6, 6.07) is 7.17. The highest BCUT2D eigenvalue weighted by Crippen LogP contribution is 2.12. The molecule has 2 amide bonds. The largest absolute Gasteiger partial charge is 0.484 e. The van der Waals surface area contributed by atoms with Gasteiger partial charge in [0.05, 0.1) is 18.9 Å². The van der Waals surface area contributed by atoms with Crippen LogP contribution in [0.3, 0.4) is 0 Å². The molecule has 2 heterocycles. The highest BCUT2D eigenvalue weighted by atomic mass is 16.5. The molecule has 2 aliphatic rings. The molecule has 8 nitrogen and oxygen atoms in total. The topological polar surface area (TPSA) is 92.3 Å². The summed E-state index contributed by atoms with van der Waals surface area (Å²) in [4.78, 5) is 25.9. The zero-order chi connectivity index (χ0) is 20.3. The Bertz CT molecular complexity index is 680. The Balaban J connectivity index is 1.32. The molecule has 0 aliphatic carbocycles. The van der Waals surface area contributed by atoms with Crippen LogP contribution in [-0.4, -0.2) is 68.4 Å². The minimum absolute atomic E-state index is 0.0350. The van der Waals surface area contributed by atoms with E-state index in [1.54, 1.807) is 18.3 Å². The maximum atomic E-state index is 11.9. The quantitative estimate of drug-likeness (QED) is 0.480. The molecule has 1 aromatic rings. The summed E-state index contributed by atoms with van der Waals surface area (Å²) in [5, 5.41) is 6.83. The molecule has 8 heteroatoms. The van der Waals surface area contributed by atoms with Crippen LogP contribution in [0.5, 0.6) is 5.75 Å². The number of carbonyl (C=O) groups excluding carboxylic acids is 2. The number of benzene rings is 1. The SMILES string of the molecule is O=C(COc1ccc(/C=N\NC(=O)CN2CCCCC2)cc1)NC[C@H]1CCCO1. The molecule has 3 rings (SSSR count). The molecule has 0 unspecified atom stereocenters. The van der Waals surface area contributed by atoms with Gasteiger partial charge in [0.25, 0.3) is 11.8 Å². The smallest absolute Gasteiger partial charge is 0.258 e. The molecule has 1 atom stereocenters. The van der Waals surface area contributed by atoms with Crippen molar-refractivity contribution in [1.29, 1.82) is 0 Å². The Hall–Kier alpha value is -2.45. The number of hydrogen-bond acceptors (Lipinski definition) is 6. The van der Waals surface area contributed by atoms with Gasteiger partial charge in [0.15, 0.2) is 6.61 Å². The van der Waals surface area contributed by atoms with E-state index in [-0.39, 0.29) is 24.5 Å². The van der Waals surface area contributed by atoms with Crippen LogP contribution in [0, 0.1) is 0 Å². The molecule has 2 saturated heterocycles. The summed E-state index contributed by atoms with van der Waals surface area (Å²) in [6.07, 6.45) is 7.31. The normalized spacial score (nSPS) is 19.9. The lowest BCUT2D eigenvalue weighted by atomic mass is 10.1. The third-order valence-corrected chi connectivity index (χ3v) is 5.02. The predicted molar refractivity (Wildman–Crippen MR) is 110 cm³/mol. The lowest BCUT2D eigenvalue weighted by Crippen LogP contribution is -2.38. The number of carbonyl (C=O) groups is 2. The van der Waals surface area contributed by atoms with Crippen LogP contribution in [0.15, 0.2) is 29.4 Å². The van der Waals surface area contributed by atoms with Crippen LogP contribution in [0.1, 0.15) is 37.7 Å². The average molecular weight is 402 g/mol. The fourth-order valence-corrected chi connectivity index (χ4v) is 3.42. The lowest BCUT2D eigenvalue weighted by molar-refractivity contribution is -0.124. The second-order valence-corrected chi connectivity index (χ2v) is 7.43. The van der Waals surface area contributed by atoms with Gasteiger partial charge in [-0.2, -0.15) is 5.10 Å². The highest BCUT2D eigenvalue weighted by Gasteiger charge is 2.16. The molecule has 29 heavy (non-hydrogen) atoms. The molecule has 2 N–H and O–H groups in total. The number of hydrazone groups is 1. The van der Waals surface area contributed by atoms with Crippen LogP contribution >= 0.6 is 0 Å². The third kappa shape index (κ3) is 7.83. The molecule has 158 valence electrons. The number of nitrogens with one attached hydrogen (secondary N) is 2. The molecule has 0 aromatic heterocycles. The van der Waals surface area contributed by atoms with Crippen molar-refractivity contribution in [2.75, 3.05) is 39.4 Å². The van der Waals surface area contributed by atoms with Gasteiger partial charge in [-0.05, 0) is 68.6 Å². The first-order valence-electron chi connectivity index (χ1n) is 10.3. The van der Waals surface area contributed by atoms with Crippen molar-refractivity contribution >= 4 is 18.0 Å². The lowest BCUT2D eigenvalue weighted by Gasteiger charge is -2.25. The maximum absolute atomic E-state index is 11.9. The fraction of sp³-hybridized carbons (Fsp3) is 0.571. The summed E-state index contributed by atoms with van der Waals surface area (Å²) >= 11 is 0. The summed E-state index contributed by atoms with van der Waals surface area (Å²) in [7, 11) is 0. The van der Waals surface area contributed by atoms with Gasteiger partial charge in [-0.1, -0.05) is 6.42 Å². The zero-order valence-corrected chi connectivity index (χ0v) is 16.8. The van der Waals surface area contributed by atoms with E-state index in [0.717, 1.165) is 50.9 Å². The molecule has 0 radical (unpaired) electrons. The fourth-order valence-electron chi connectivity index (χ4n) is 3.42. The number of rotatable bonds is 9. The Morgan fingerprint density at radius 1 is 1.14 bits per heavy atom. The van der Waals surface area contributed by atoms with E-state index < -0.39 is 0 Å². The van der Waals surface area contributed by atoms with Gasteiger partial charge in [0, 0.05) is 13.2 Å². The van der Waals surface area contributed by atoms with E-state index in [4.69, 9.17) is 9.47 Å². The number of nitrogens with zero attached hydrogens (tertiary/aromatic N) is 2. The first-order chi connectivity index (χ1) is 14.2. The Morgan fingerprint density at radius 3 is 2.66 bits per heavy atom. The second-order valence-electron chi connectivity index (χ2n) is 7.43. The van der Waals surface area contributed by atoms with Crippen LogP contribution < -0.4 is 15.5 Å². The first kappa shape index (κ1) is 21.3. The van der Waals surface area contributed by atoms with Crippen molar-refractivity contribution < 1.29 is 19.1 Å². The van der Waals surface area contributed by atoms with E-state index in [9.17, 15) is 9.59 Å². The Morgan fingerprint density at radius 2 is 1.93 bits per heavy atom. The van der Waals surface area contributed by atoms with Crippen LogP contribution in [0.4, 0.5) is 0 Å². The van der Waals surface area contributed by atoms with Crippen LogP contribution in [0.2, 0.25) is 0 Å². The van der Waals surface area contributed by atoms with Gasteiger partial charge < -0.3 is 14.8 Å². The number of hydrogen-bond donors (Lipinski definition) is 2. The standard InChI is InChI=1S/C21H30N4O4/c26-20(15-25-10-2-1-3-11-25)24-23-13-17-6-8-18(9-7-17)29-16-21(27)22-14-19-5-4-12-28-19/h6-9,13,19H,1-5,10-12,14-16H2,(H,22,27)(H,24,26)/b23-13-/t19-/m1/s1. The number of ether oxygens (including phenoxy) is 2. The Kier molecular flexibility index (Phi) is 8.45. The van der Waals surface area contributed by atoms with Gasteiger partial charge in [-0.15, -0.1) is 0 Å². The van der Waals surface area contributed by atoms with Crippen molar-refractivity contribution in [3.8, 4) is 5.75 Å². The predicted octanol–water partition coefficient (Wildman–Crippen LogP) is 1.30. The maximum Gasteiger partial charge on any atom is 0.258 e. The van der Waals surface area contributed by atoms with E-state index in [1.807, 2.05) is 12.1 Å². The Labute approximate surface area is 171 Å². The summed E-state index contributed by atoms with van der Waals surface area (Å²) in [5.41, 5.74) is 3.40. The van der Waals surface area contributed by atoms with Crippen LogP contribution in [0.25, 0.3) is 0 Å². The van der Waals surface area contributed by atoms with Crippen molar-refractivity contribution in [3.63, 3.8) is 0 Å². The minimum atomic E-state index is -0.164. The van der Waals surface area contributed by atoms with Gasteiger partial charge >= 0.3 is 0 Å². The minimum Gasteiger partial charge on any atom is -0.484 e. The number of piperidine rings is 1. The van der Waals surface area contributed by atoms with Crippen molar-refractivity contribution in [3.05, 3.63) is 29.8 Å². The van der Waals surface area contributed by atoms with E-state index in [0.29, 0.717) is 18.8 Å². The molecule has 0 bridgehead atoms. The van der Waals surface area contributed by atoms with E-state index in [1.165, 1.54) is 6.42 Å². The molecular weight excluding hydrogens is 372 g/mol. The third-order valence-electron chi connectivity index (χ3n) is 5.02. The summed E-state index contributed by atoms with van der Waals surface area (Å²) < 4.78 is 11.0. The number of amides is 2. The first-order valence-corrected chi connectivity index (χ1v) is 10.3. The monoisotopic (exact) mass is 402 g/mol. The van der Waals surface area contributed by atoms with Crippen molar-refractivity contribution in [2.24, 2.45) is 5.10 Å². The van der Waals surface area contributed by atoms with E-state index in [2.05, 4.69) is 20.7 Å². The summed E-state index contributed by atoms with van der Waals surface area (Å²) in [6.45, 7) is 3.61. The molecule has 1 aromatic carbocycles. The molecule has 2 fully saturated rings. The second kappa shape index (κ2) is 11.5. The highest BCUT2D eigenvalue weighted by molar-refractivity contribution is 5.83. The average Bonchev–Trinajstić information content (AvgIpc) is 3.26. The van der Waals surface area contributed by atoms with Gasteiger partial charge in [0.2, 0.25) is 0 Å². The van der Waals surface area contributed by atoms with Gasteiger partial charge in [-0.3, -0.25) is 14.5 Å². The zero-order valence-electron chi connectivity index (χ0n) is 16.8. The van der Waals surface area contributed by atoms with Crippen molar-refractivity contribution in [2.45, 2.75) is 38.2 Å².